The molecule has 2 aromatic carbocycles. The fourth-order valence-electron chi connectivity index (χ4n) is 3.31. The standard InChI is InChI=1S/C25H24INO8S/c1-4-33-19-11-16(12-20-22(28)27(25(32)36-20)14(3)24(31)34-5-2)10-18(26)21(19)35-13-15-6-8-17(9-7-15)23(29)30/h6-12,14H,4-5,13H2,1-3H3,(H,29,30)/b20-12+/t14-/m0/s1. The molecule has 1 N–H and O–H groups in total. The van der Waals surface area contributed by atoms with Crippen molar-refractivity contribution in [3.05, 3.63) is 61.6 Å². The molecular weight excluding hydrogens is 601 g/mol. The number of hydrogen-bond acceptors (Lipinski definition) is 8. The van der Waals surface area contributed by atoms with Crippen LogP contribution in [0.25, 0.3) is 6.08 Å². The van der Waals surface area contributed by atoms with Crippen LogP contribution in [0.4, 0.5) is 4.79 Å². The van der Waals surface area contributed by atoms with E-state index in [0.29, 0.717) is 27.2 Å². The van der Waals surface area contributed by atoms with Crippen LogP contribution in [0.5, 0.6) is 11.5 Å². The van der Waals surface area contributed by atoms with Gasteiger partial charge in [-0.25, -0.2) is 9.59 Å². The van der Waals surface area contributed by atoms with Gasteiger partial charge in [0.1, 0.15) is 12.6 Å². The Bertz CT molecular complexity index is 1210. The lowest BCUT2D eigenvalue weighted by Crippen LogP contribution is -2.42. The van der Waals surface area contributed by atoms with E-state index in [9.17, 15) is 19.2 Å². The van der Waals surface area contributed by atoms with Crippen molar-refractivity contribution in [1.29, 1.82) is 0 Å². The van der Waals surface area contributed by atoms with E-state index in [1.54, 1.807) is 37.3 Å². The number of esters is 1. The first-order valence-electron chi connectivity index (χ1n) is 11.0. The van der Waals surface area contributed by atoms with E-state index >= 15 is 0 Å². The summed E-state index contributed by atoms with van der Waals surface area (Å²) in [6.07, 6.45) is 1.57. The molecule has 0 saturated carbocycles. The molecule has 1 saturated heterocycles. The third kappa shape index (κ3) is 6.38. The highest BCUT2D eigenvalue weighted by Gasteiger charge is 2.41. The molecule has 190 valence electrons. The molecule has 1 atom stereocenters. The lowest BCUT2D eigenvalue weighted by Gasteiger charge is -2.19. The van der Waals surface area contributed by atoms with Crippen LogP contribution >= 0.6 is 34.4 Å². The highest BCUT2D eigenvalue weighted by Crippen LogP contribution is 2.38. The first-order valence-corrected chi connectivity index (χ1v) is 12.9. The van der Waals surface area contributed by atoms with Gasteiger partial charge in [-0.15, -0.1) is 0 Å². The number of carboxylic acids is 1. The summed E-state index contributed by atoms with van der Waals surface area (Å²) in [5.41, 5.74) is 1.59. The summed E-state index contributed by atoms with van der Waals surface area (Å²) in [6.45, 7) is 5.65. The molecule has 3 rings (SSSR count). The third-order valence-corrected chi connectivity index (χ3v) is 6.74. The van der Waals surface area contributed by atoms with E-state index in [2.05, 4.69) is 22.6 Å². The van der Waals surface area contributed by atoms with Gasteiger partial charge in [0.25, 0.3) is 11.1 Å². The first-order chi connectivity index (χ1) is 17.2. The molecule has 0 aromatic heterocycles. The largest absolute Gasteiger partial charge is 0.490 e. The Balaban J connectivity index is 1.82. The molecule has 2 aromatic rings. The summed E-state index contributed by atoms with van der Waals surface area (Å²) in [7, 11) is 0. The van der Waals surface area contributed by atoms with Crippen LogP contribution in [0, 0.1) is 3.57 Å². The van der Waals surface area contributed by atoms with Gasteiger partial charge in [0, 0.05) is 0 Å². The maximum atomic E-state index is 12.9. The number of nitrogens with zero attached hydrogens (tertiary/aromatic N) is 1. The number of benzene rings is 2. The van der Waals surface area contributed by atoms with Crippen molar-refractivity contribution in [3.8, 4) is 11.5 Å². The molecule has 0 bridgehead atoms. The quantitative estimate of drug-likeness (QED) is 0.222. The topological polar surface area (TPSA) is 119 Å². The van der Waals surface area contributed by atoms with Gasteiger partial charge in [0.15, 0.2) is 11.5 Å². The van der Waals surface area contributed by atoms with Crippen LogP contribution in [0.15, 0.2) is 41.3 Å². The first kappa shape index (κ1) is 27.5. The Labute approximate surface area is 225 Å². The Hall–Kier alpha value is -3.06. The Kier molecular flexibility index (Phi) is 9.37. The molecule has 0 unspecified atom stereocenters. The van der Waals surface area contributed by atoms with E-state index < -0.39 is 29.1 Å². The maximum Gasteiger partial charge on any atom is 0.335 e. The molecule has 0 spiro atoms. The molecule has 2 amide bonds. The van der Waals surface area contributed by atoms with E-state index in [0.717, 1.165) is 22.2 Å². The van der Waals surface area contributed by atoms with E-state index in [1.165, 1.54) is 19.1 Å². The minimum absolute atomic E-state index is 0.149. The maximum absolute atomic E-state index is 12.9. The van der Waals surface area contributed by atoms with Gasteiger partial charge in [0.05, 0.1) is 27.3 Å². The van der Waals surface area contributed by atoms with Crippen LogP contribution in [-0.2, 0) is 20.9 Å². The molecule has 36 heavy (non-hydrogen) atoms. The monoisotopic (exact) mass is 625 g/mol. The van der Waals surface area contributed by atoms with Crippen molar-refractivity contribution in [2.24, 2.45) is 0 Å². The highest BCUT2D eigenvalue weighted by molar-refractivity contribution is 14.1. The average Bonchev–Trinajstić information content (AvgIpc) is 3.11. The zero-order valence-corrected chi connectivity index (χ0v) is 22.8. The lowest BCUT2D eigenvalue weighted by molar-refractivity contribution is -0.150. The minimum Gasteiger partial charge on any atom is -0.490 e. The Morgan fingerprint density at radius 1 is 1.11 bits per heavy atom. The fraction of sp³-hybridized carbons (Fsp3) is 0.280. The summed E-state index contributed by atoms with van der Waals surface area (Å²) in [5.74, 6) is -1.26. The zero-order chi connectivity index (χ0) is 26.4. The van der Waals surface area contributed by atoms with Gasteiger partial charge in [-0.05, 0) is 96.6 Å². The van der Waals surface area contributed by atoms with Crippen molar-refractivity contribution >= 4 is 63.5 Å². The summed E-state index contributed by atoms with van der Waals surface area (Å²) in [4.78, 5) is 49.5. The predicted molar refractivity (Wildman–Crippen MR) is 142 cm³/mol. The number of carbonyl (C=O) groups excluding carboxylic acids is 3. The summed E-state index contributed by atoms with van der Waals surface area (Å²) in [6, 6.07) is 8.84. The summed E-state index contributed by atoms with van der Waals surface area (Å²) < 4.78 is 17.4. The number of amides is 2. The van der Waals surface area contributed by atoms with Crippen molar-refractivity contribution in [2.75, 3.05) is 13.2 Å². The molecule has 11 heteroatoms. The second-order valence-electron chi connectivity index (χ2n) is 7.53. The number of ether oxygens (including phenoxy) is 3. The summed E-state index contributed by atoms with van der Waals surface area (Å²) >= 11 is 2.85. The number of imide groups is 1. The van der Waals surface area contributed by atoms with Crippen molar-refractivity contribution in [3.63, 3.8) is 0 Å². The molecular formula is C25H24INO8S. The van der Waals surface area contributed by atoms with Gasteiger partial charge >= 0.3 is 11.9 Å². The smallest absolute Gasteiger partial charge is 0.335 e. The lowest BCUT2D eigenvalue weighted by atomic mass is 10.1. The van der Waals surface area contributed by atoms with Gasteiger partial charge in [-0.3, -0.25) is 14.5 Å². The predicted octanol–water partition coefficient (Wildman–Crippen LogP) is 4.96. The van der Waals surface area contributed by atoms with Crippen LogP contribution in [0.2, 0.25) is 0 Å². The van der Waals surface area contributed by atoms with Crippen molar-refractivity contribution in [2.45, 2.75) is 33.4 Å². The molecule has 1 heterocycles. The van der Waals surface area contributed by atoms with Crippen LogP contribution in [-0.4, -0.2) is 52.3 Å². The van der Waals surface area contributed by atoms with Crippen LogP contribution < -0.4 is 9.47 Å². The second-order valence-corrected chi connectivity index (χ2v) is 9.69. The normalized spacial score (nSPS) is 15.2. The highest BCUT2D eigenvalue weighted by atomic mass is 127. The number of carboxylic acid groups (broad SMARTS) is 1. The number of halogens is 1. The molecule has 0 radical (unpaired) electrons. The molecule has 1 aliphatic rings. The van der Waals surface area contributed by atoms with Gasteiger partial charge in [0.2, 0.25) is 0 Å². The minimum atomic E-state index is -1.03. The van der Waals surface area contributed by atoms with Gasteiger partial charge in [-0.2, -0.15) is 0 Å². The van der Waals surface area contributed by atoms with Crippen molar-refractivity contribution in [1.82, 2.24) is 4.90 Å². The number of aromatic carboxylic acids is 1. The van der Waals surface area contributed by atoms with Crippen LogP contribution in [0.1, 0.15) is 42.3 Å². The third-order valence-electron chi connectivity index (χ3n) is 5.05. The molecule has 1 fully saturated rings. The van der Waals surface area contributed by atoms with Gasteiger partial charge < -0.3 is 19.3 Å². The Morgan fingerprint density at radius 3 is 2.42 bits per heavy atom. The summed E-state index contributed by atoms with van der Waals surface area (Å²) in [5, 5.41) is 8.50. The van der Waals surface area contributed by atoms with E-state index in [4.69, 9.17) is 19.3 Å². The average molecular weight is 625 g/mol. The molecule has 1 aliphatic heterocycles. The SMILES string of the molecule is CCOC(=O)[C@H](C)N1C(=O)S/C(=C/c2cc(I)c(OCc3ccc(C(=O)O)cc3)c(OCC)c2)C1=O. The molecule has 9 nitrogen and oxygen atoms in total. The van der Waals surface area contributed by atoms with Crippen molar-refractivity contribution < 1.29 is 38.5 Å². The fourth-order valence-corrected chi connectivity index (χ4v) is 5.00. The zero-order valence-electron chi connectivity index (χ0n) is 19.8. The Morgan fingerprint density at radius 2 is 1.81 bits per heavy atom. The second kappa shape index (κ2) is 12.3. The van der Waals surface area contributed by atoms with Gasteiger partial charge in [-0.1, -0.05) is 12.1 Å². The van der Waals surface area contributed by atoms with Crippen LogP contribution in [0.3, 0.4) is 0 Å². The number of carbonyl (C=O) groups is 4. The van der Waals surface area contributed by atoms with E-state index in [1.807, 2.05) is 6.92 Å². The number of thioether (sulfide) groups is 1. The number of rotatable bonds is 10. The number of hydrogen-bond donors (Lipinski definition) is 1. The molecule has 0 aliphatic carbocycles. The van der Waals surface area contributed by atoms with E-state index in [-0.39, 0.29) is 23.7 Å².